The summed E-state index contributed by atoms with van der Waals surface area (Å²) in [4.78, 5) is 29.0. The molecule has 0 aliphatic carbocycles. The number of nitrogens with zero attached hydrogens (tertiary/aromatic N) is 1. The molecule has 0 atom stereocenters. The lowest BCUT2D eigenvalue weighted by Crippen LogP contribution is -2.26. The highest BCUT2D eigenvalue weighted by molar-refractivity contribution is 7.09. The van der Waals surface area contributed by atoms with Crippen LogP contribution in [-0.4, -0.2) is 35.5 Å². The van der Waals surface area contributed by atoms with Crippen molar-refractivity contribution in [2.24, 2.45) is 0 Å². The van der Waals surface area contributed by atoms with Gasteiger partial charge in [-0.1, -0.05) is 38.0 Å². The summed E-state index contributed by atoms with van der Waals surface area (Å²) in [6.45, 7) is 9.02. The molecule has 6 heteroatoms. The molecule has 0 unspecified atom stereocenters. The Morgan fingerprint density at radius 1 is 1.19 bits per heavy atom. The van der Waals surface area contributed by atoms with Gasteiger partial charge in [-0.15, -0.1) is 0 Å². The Bertz CT molecular complexity index is 474. The van der Waals surface area contributed by atoms with Crippen molar-refractivity contribution in [2.45, 2.75) is 53.0 Å². The number of carbonyl (C=O) groups is 1. The van der Waals surface area contributed by atoms with E-state index >= 15 is 0 Å². The van der Waals surface area contributed by atoms with E-state index in [1.807, 2.05) is 0 Å². The summed E-state index contributed by atoms with van der Waals surface area (Å²) in [5.41, 5.74) is 0.324. The van der Waals surface area contributed by atoms with Gasteiger partial charge in [-0.25, -0.2) is 4.79 Å². The third-order valence-electron chi connectivity index (χ3n) is 3.22. The van der Waals surface area contributed by atoms with E-state index in [1.54, 1.807) is 6.92 Å². The quantitative estimate of drug-likeness (QED) is 0.674. The number of nitrogens with one attached hydrogen (secondary N) is 1. The van der Waals surface area contributed by atoms with E-state index in [1.165, 1.54) is 0 Å². The molecule has 0 saturated carbocycles. The third kappa shape index (κ3) is 6.01. The standard InChI is InChI=1S/C15H26N2O3S/c1-4-7-9-17(10-8-5-2)11-12-13(14(18)20-6-3)16-15(19)21-12/h4-11H2,1-3H3,(H,16,19). The van der Waals surface area contributed by atoms with Crippen LogP contribution in [0.15, 0.2) is 4.79 Å². The topological polar surface area (TPSA) is 62.4 Å². The molecular weight excluding hydrogens is 288 g/mol. The minimum Gasteiger partial charge on any atom is -0.461 e. The minimum absolute atomic E-state index is 0.195. The maximum absolute atomic E-state index is 11.9. The summed E-state index contributed by atoms with van der Waals surface area (Å²) in [6.07, 6.45) is 4.52. The van der Waals surface area contributed by atoms with Crippen molar-refractivity contribution in [3.8, 4) is 0 Å². The van der Waals surface area contributed by atoms with Crippen molar-refractivity contribution in [1.82, 2.24) is 9.88 Å². The summed E-state index contributed by atoms with van der Waals surface area (Å²) < 4.78 is 5.00. The lowest BCUT2D eigenvalue weighted by molar-refractivity contribution is 0.0517. The molecule has 1 N–H and O–H groups in total. The number of rotatable bonds is 10. The van der Waals surface area contributed by atoms with Crippen LogP contribution in [-0.2, 0) is 11.3 Å². The van der Waals surface area contributed by atoms with Crippen LogP contribution in [0.1, 0.15) is 61.8 Å². The molecule has 21 heavy (non-hydrogen) atoms. The van der Waals surface area contributed by atoms with Crippen LogP contribution < -0.4 is 4.87 Å². The van der Waals surface area contributed by atoms with Crippen LogP contribution in [0, 0.1) is 0 Å². The summed E-state index contributed by atoms with van der Waals surface area (Å²) in [5, 5.41) is 0. The van der Waals surface area contributed by atoms with E-state index < -0.39 is 5.97 Å². The van der Waals surface area contributed by atoms with Crippen molar-refractivity contribution >= 4 is 17.3 Å². The van der Waals surface area contributed by atoms with Gasteiger partial charge in [0.15, 0.2) is 0 Å². The fourth-order valence-corrected chi connectivity index (χ4v) is 2.94. The van der Waals surface area contributed by atoms with Crippen molar-refractivity contribution in [3.05, 3.63) is 20.2 Å². The number of ether oxygens (including phenoxy) is 1. The Morgan fingerprint density at radius 3 is 2.33 bits per heavy atom. The van der Waals surface area contributed by atoms with E-state index in [2.05, 4.69) is 23.7 Å². The molecule has 0 bridgehead atoms. The van der Waals surface area contributed by atoms with E-state index in [4.69, 9.17) is 4.74 Å². The average Bonchev–Trinajstić information content (AvgIpc) is 2.83. The van der Waals surface area contributed by atoms with Gasteiger partial charge in [-0.05, 0) is 32.9 Å². The predicted octanol–water partition coefficient (Wildman–Crippen LogP) is 3.02. The molecule has 0 saturated heterocycles. The van der Waals surface area contributed by atoms with E-state index in [-0.39, 0.29) is 4.87 Å². The number of H-pyrrole nitrogens is 1. The lowest BCUT2D eigenvalue weighted by Gasteiger charge is -2.21. The maximum atomic E-state index is 11.9. The molecule has 0 fully saturated rings. The zero-order valence-corrected chi connectivity index (χ0v) is 14.1. The maximum Gasteiger partial charge on any atom is 0.356 e. The van der Waals surface area contributed by atoms with E-state index in [0.29, 0.717) is 18.8 Å². The van der Waals surface area contributed by atoms with Crippen molar-refractivity contribution in [3.63, 3.8) is 0 Å². The molecule has 0 aliphatic rings. The van der Waals surface area contributed by atoms with Gasteiger partial charge in [0.05, 0.1) is 11.5 Å². The second-order valence-corrected chi connectivity index (χ2v) is 6.08. The van der Waals surface area contributed by atoms with Gasteiger partial charge in [-0.3, -0.25) is 9.69 Å². The van der Waals surface area contributed by atoms with Gasteiger partial charge in [0.2, 0.25) is 0 Å². The van der Waals surface area contributed by atoms with Gasteiger partial charge in [0.1, 0.15) is 5.69 Å². The monoisotopic (exact) mass is 314 g/mol. The van der Waals surface area contributed by atoms with Crippen LogP contribution in [0.25, 0.3) is 0 Å². The third-order valence-corrected chi connectivity index (χ3v) is 4.09. The average molecular weight is 314 g/mol. The molecule has 0 aromatic carbocycles. The van der Waals surface area contributed by atoms with Gasteiger partial charge in [0, 0.05) is 6.54 Å². The van der Waals surface area contributed by atoms with Crippen LogP contribution in [0.4, 0.5) is 0 Å². The number of hydrogen-bond donors (Lipinski definition) is 1. The molecular formula is C15H26N2O3S. The molecule has 0 radical (unpaired) electrons. The van der Waals surface area contributed by atoms with Crippen molar-refractivity contribution in [1.29, 1.82) is 0 Å². The molecule has 1 aromatic heterocycles. The Hall–Kier alpha value is -1.14. The lowest BCUT2D eigenvalue weighted by atomic mass is 10.2. The fraction of sp³-hybridized carbons (Fsp3) is 0.733. The Kier molecular flexibility index (Phi) is 8.30. The minimum atomic E-state index is -0.434. The van der Waals surface area contributed by atoms with Gasteiger partial charge >= 0.3 is 10.8 Å². The van der Waals surface area contributed by atoms with Gasteiger partial charge in [-0.2, -0.15) is 0 Å². The Balaban J connectivity index is 2.81. The van der Waals surface area contributed by atoms with Crippen LogP contribution in [0.5, 0.6) is 0 Å². The normalized spacial score (nSPS) is 11.0. The summed E-state index contributed by atoms with van der Waals surface area (Å²) in [5.74, 6) is -0.434. The van der Waals surface area contributed by atoms with Gasteiger partial charge < -0.3 is 9.72 Å². The number of hydrogen-bond acceptors (Lipinski definition) is 5. The zero-order valence-electron chi connectivity index (χ0n) is 13.2. The molecule has 1 rings (SSSR count). The Morgan fingerprint density at radius 2 is 1.81 bits per heavy atom. The molecule has 5 nitrogen and oxygen atoms in total. The first-order valence-corrected chi connectivity index (χ1v) is 8.55. The number of aromatic nitrogens is 1. The molecule has 0 spiro atoms. The zero-order chi connectivity index (χ0) is 15.7. The molecule has 0 aliphatic heterocycles. The van der Waals surface area contributed by atoms with Crippen LogP contribution in [0.2, 0.25) is 0 Å². The first kappa shape index (κ1) is 17.9. The highest BCUT2D eigenvalue weighted by Crippen LogP contribution is 2.15. The second kappa shape index (κ2) is 9.73. The summed E-state index contributed by atoms with van der Waals surface area (Å²) >= 11 is 1.11. The van der Waals surface area contributed by atoms with Crippen LogP contribution >= 0.6 is 11.3 Å². The molecule has 1 heterocycles. The molecule has 1 aromatic rings. The SMILES string of the molecule is CCCCN(CCCC)Cc1sc(=O)[nH]c1C(=O)OCC. The van der Waals surface area contributed by atoms with Gasteiger partial charge in [0.25, 0.3) is 0 Å². The predicted molar refractivity (Wildman–Crippen MR) is 86.0 cm³/mol. The number of carbonyl (C=O) groups excluding carboxylic acids is 1. The largest absolute Gasteiger partial charge is 0.461 e. The first-order chi connectivity index (χ1) is 10.1. The fourth-order valence-electron chi connectivity index (χ4n) is 2.08. The number of unbranched alkanes of at least 4 members (excludes halogenated alkanes) is 2. The van der Waals surface area contributed by atoms with Crippen molar-refractivity contribution < 1.29 is 9.53 Å². The number of esters is 1. The first-order valence-electron chi connectivity index (χ1n) is 7.73. The Labute approximate surface area is 130 Å². The summed E-state index contributed by atoms with van der Waals surface area (Å²) in [6, 6.07) is 0. The molecule has 120 valence electrons. The molecule has 0 amide bonds. The van der Waals surface area contributed by atoms with E-state index in [9.17, 15) is 9.59 Å². The summed E-state index contributed by atoms with van der Waals surface area (Å²) in [7, 11) is 0. The van der Waals surface area contributed by atoms with Crippen LogP contribution in [0.3, 0.4) is 0 Å². The number of aromatic amines is 1. The number of thiazole rings is 1. The van der Waals surface area contributed by atoms with Crippen molar-refractivity contribution in [2.75, 3.05) is 19.7 Å². The highest BCUT2D eigenvalue weighted by atomic mass is 32.1. The smallest absolute Gasteiger partial charge is 0.356 e. The highest BCUT2D eigenvalue weighted by Gasteiger charge is 2.19. The van der Waals surface area contributed by atoms with E-state index in [0.717, 1.165) is 55.0 Å². The second-order valence-electron chi connectivity index (χ2n) is 5.02.